The van der Waals surface area contributed by atoms with Crippen molar-refractivity contribution in [3.8, 4) is 0 Å². The lowest BCUT2D eigenvalue weighted by atomic mass is 8.95. The van der Waals surface area contributed by atoms with Gasteiger partial charge < -0.3 is 0 Å². The summed E-state index contributed by atoms with van der Waals surface area (Å²) in [5, 5.41) is 0. The van der Waals surface area contributed by atoms with Gasteiger partial charge in [0.1, 0.15) is 0 Å². The Morgan fingerprint density at radius 3 is 1.77 bits per heavy atom. The van der Waals surface area contributed by atoms with E-state index in [-0.39, 0.29) is 0 Å². The number of rotatable bonds is 1. The van der Waals surface area contributed by atoms with Crippen LogP contribution in [0.25, 0.3) is 0 Å². The molecule has 64 valence electrons. The summed E-state index contributed by atoms with van der Waals surface area (Å²) in [5.41, 5.74) is 0.873. The molecular formula is C13H12. The first kappa shape index (κ1) is 5.38. The molecule has 0 N–H and O–H groups in total. The van der Waals surface area contributed by atoms with Gasteiger partial charge in [-0.05, 0) is 46.8 Å². The molecule has 0 heterocycles. The van der Waals surface area contributed by atoms with Gasteiger partial charge >= 0.3 is 0 Å². The Balaban J connectivity index is 1.57. The van der Waals surface area contributed by atoms with E-state index in [4.69, 9.17) is 0 Å². The molecule has 0 radical (unpaired) electrons. The average Bonchev–Trinajstić information content (AvgIpc) is 2.71. The molecule has 0 unspecified atom stereocenters. The van der Waals surface area contributed by atoms with Crippen molar-refractivity contribution in [3.05, 3.63) is 24.3 Å². The lowest BCUT2D eigenvalue weighted by molar-refractivity contribution is -0.620. The summed E-state index contributed by atoms with van der Waals surface area (Å²) in [6.07, 6.45) is 9.49. The quantitative estimate of drug-likeness (QED) is 0.562. The van der Waals surface area contributed by atoms with Gasteiger partial charge in [-0.2, -0.15) is 0 Å². The van der Waals surface area contributed by atoms with Crippen LogP contribution >= 0.6 is 0 Å². The van der Waals surface area contributed by atoms with E-state index >= 15 is 0 Å². The minimum Gasteiger partial charge on any atom is -0.0770 e. The molecule has 0 aromatic rings. The normalized spacial score (nSPS) is 82.0. The molecule has 6 fully saturated rings. The zero-order valence-electron chi connectivity index (χ0n) is 7.43. The van der Waals surface area contributed by atoms with Crippen LogP contribution in [0.15, 0.2) is 24.3 Å². The minimum absolute atomic E-state index is 0.873. The van der Waals surface area contributed by atoms with Crippen molar-refractivity contribution in [1.82, 2.24) is 0 Å². The second-order valence-corrected chi connectivity index (χ2v) is 6.18. The summed E-state index contributed by atoms with van der Waals surface area (Å²) < 4.78 is 0. The molecule has 0 atom stereocenters. The third-order valence-electron chi connectivity index (χ3n) is 6.88. The van der Waals surface area contributed by atoms with Gasteiger partial charge in [-0.25, -0.2) is 0 Å². The van der Waals surface area contributed by atoms with Crippen LogP contribution in [0.5, 0.6) is 0 Å². The highest BCUT2D eigenvalue weighted by Crippen LogP contribution is 3.07. The van der Waals surface area contributed by atoms with Crippen LogP contribution in [0.4, 0.5) is 0 Å². The molecule has 7 rings (SSSR count). The minimum atomic E-state index is 0.873. The van der Waals surface area contributed by atoms with Crippen molar-refractivity contribution >= 4 is 0 Å². The van der Waals surface area contributed by atoms with Crippen LogP contribution in [0, 0.1) is 52.8 Å². The Morgan fingerprint density at radius 1 is 0.692 bits per heavy atom. The van der Waals surface area contributed by atoms with Crippen LogP contribution in [0.2, 0.25) is 0 Å². The van der Waals surface area contributed by atoms with E-state index in [9.17, 15) is 0 Å². The molecule has 7 aliphatic carbocycles. The Labute approximate surface area is 77.7 Å². The lowest BCUT2D eigenvalue weighted by Crippen LogP contribution is -3.06. The maximum absolute atomic E-state index is 2.47. The predicted octanol–water partition coefficient (Wildman–Crippen LogP) is 2.10. The summed E-state index contributed by atoms with van der Waals surface area (Å²) >= 11 is 0. The molecule has 13 heavy (non-hydrogen) atoms. The Morgan fingerprint density at radius 2 is 1.23 bits per heavy atom. The standard InChI is InChI=1S/C13H12/c1-2-4-5(3-1)13-10-7-6-8(10)12(13)9(6)11(7)13/h1-12H. The van der Waals surface area contributed by atoms with E-state index in [1.54, 1.807) is 0 Å². The second-order valence-electron chi connectivity index (χ2n) is 6.18. The van der Waals surface area contributed by atoms with Gasteiger partial charge in [-0.1, -0.05) is 24.3 Å². The fourth-order valence-electron chi connectivity index (χ4n) is 6.95. The third-order valence-corrected chi connectivity index (χ3v) is 6.88. The summed E-state index contributed by atoms with van der Waals surface area (Å²) in [7, 11) is 0. The molecule has 0 amide bonds. The number of allylic oxidation sites excluding steroid dienone is 4. The lowest BCUT2D eigenvalue weighted by Gasteiger charge is -3.08. The third kappa shape index (κ3) is 0.233. The van der Waals surface area contributed by atoms with Crippen molar-refractivity contribution in [2.45, 2.75) is 0 Å². The molecule has 0 heteroatoms. The molecule has 0 aliphatic heterocycles. The second kappa shape index (κ2) is 1.12. The van der Waals surface area contributed by atoms with E-state index in [2.05, 4.69) is 24.3 Å². The largest absolute Gasteiger partial charge is 0.0770 e. The van der Waals surface area contributed by atoms with Crippen molar-refractivity contribution in [2.75, 3.05) is 0 Å². The van der Waals surface area contributed by atoms with Gasteiger partial charge in [0, 0.05) is 5.92 Å². The van der Waals surface area contributed by atoms with E-state index in [0.29, 0.717) is 0 Å². The van der Waals surface area contributed by atoms with Gasteiger partial charge in [-0.15, -0.1) is 0 Å². The SMILES string of the molecule is C1=CC(C23C4C5C6C4C2C6C53)C=C1. The van der Waals surface area contributed by atoms with Crippen molar-refractivity contribution < 1.29 is 0 Å². The monoisotopic (exact) mass is 168 g/mol. The molecular weight excluding hydrogens is 156 g/mol. The average molecular weight is 168 g/mol. The fraction of sp³-hybridized carbons (Fsp3) is 0.692. The van der Waals surface area contributed by atoms with Gasteiger partial charge in [-0.3, -0.25) is 0 Å². The number of hydrogen-bond acceptors (Lipinski definition) is 0. The maximum atomic E-state index is 2.47. The zero-order chi connectivity index (χ0) is 7.95. The molecule has 7 aliphatic rings. The van der Waals surface area contributed by atoms with E-state index in [1.807, 2.05) is 0 Å². The summed E-state index contributed by atoms with van der Waals surface area (Å²) in [6, 6.07) is 0. The molecule has 0 saturated heterocycles. The first-order chi connectivity index (χ1) is 6.47. The zero-order valence-corrected chi connectivity index (χ0v) is 7.43. The van der Waals surface area contributed by atoms with Gasteiger partial charge in [0.2, 0.25) is 0 Å². The first-order valence-corrected chi connectivity index (χ1v) is 5.82. The summed E-state index contributed by atoms with van der Waals surface area (Å²) in [5.74, 6) is 9.56. The van der Waals surface area contributed by atoms with Gasteiger partial charge in [0.05, 0.1) is 0 Å². The maximum Gasteiger partial charge on any atom is 0.00179 e. The van der Waals surface area contributed by atoms with Crippen LogP contribution < -0.4 is 0 Å². The molecule has 6 saturated carbocycles. The van der Waals surface area contributed by atoms with Crippen LogP contribution in [0.1, 0.15) is 0 Å². The van der Waals surface area contributed by atoms with Crippen LogP contribution in [0.3, 0.4) is 0 Å². The molecule has 0 bridgehead atoms. The highest BCUT2D eigenvalue weighted by molar-refractivity contribution is 5.53. The van der Waals surface area contributed by atoms with Gasteiger partial charge in [0.15, 0.2) is 0 Å². The topological polar surface area (TPSA) is 0 Å². The van der Waals surface area contributed by atoms with Crippen LogP contribution in [-0.4, -0.2) is 0 Å². The molecule has 0 aromatic heterocycles. The van der Waals surface area contributed by atoms with E-state index in [1.165, 1.54) is 41.4 Å². The van der Waals surface area contributed by atoms with Crippen molar-refractivity contribution in [1.29, 1.82) is 0 Å². The Hall–Kier alpha value is -0.520. The Kier molecular flexibility index (Phi) is 0.466. The van der Waals surface area contributed by atoms with Crippen molar-refractivity contribution in [3.63, 3.8) is 0 Å². The smallest absolute Gasteiger partial charge is 0.00179 e. The highest BCUT2D eigenvalue weighted by atomic mass is 15.1. The fourth-order valence-corrected chi connectivity index (χ4v) is 6.95. The molecule has 0 spiro atoms. The predicted molar refractivity (Wildman–Crippen MR) is 48.6 cm³/mol. The Bertz CT molecular complexity index is 351. The highest BCUT2D eigenvalue weighted by Gasteiger charge is 3.04. The van der Waals surface area contributed by atoms with Crippen LogP contribution in [-0.2, 0) is 0 Å². The van der Waals surface area contributed by atoms with E-state index < -0.39 is 0 Å². The number of hydrogen-bond donors (Lipinski definition) is 0. The molecule has 0 nitrogen and oxygen atoms in total. The summed E-state index contributed by atoms with van der Waals surface area (Å²) in [4.78, 5) is 0. The van der Waals surface area contributed by atoms with Crippen molar-refractivity contribution in [2.24, 2.45) is 52.8 Å². The first-order valence-electron chi connectivity index (χ1n) is 5.82. The van der Waals surface area contributed by atoms with Gasteiger partial charge in [0.25, 0.3) is 0 Å². The van der Waals surface area contributed by atoms with E-state index in [0.717, 1.165) is 11.3 Å². The molecule has 0 aromatic carbocycles. The summed E-state index contributed by atoms with van der Waals surface area (Å²) in [6.45, 7) is 0.